The second kappa shape index (κ2) is 16.9. The van der Waals surface area contributed by atoms with Crippen molar-refractivity contribution in [2.75, 3.05) is 26.4 Å². The molecule has 0 aliphatic heterocycles. The summed E-state index contributed by atoms with van der Waals surface area (Å²) in [6, 6.07) is 0. The molecular weight excluding hydrogens is 322 g/mol. The van der Waals surface area contributed by atoms with Crippen LogP contribution in [0.5, 0.6) is 0 Å². The highest BCUT2D eigenvalue weighted by atomic mass is 16.5. The third kappa shape index (κ3) is 11.6. The molecule has 0 rings (SSSR count). The van der Waals surface area contributed by atoms with E-state index >= 15 is 0 Å². The molecule has 25 heavy (non-hydrogen) atoms. The number of unbranched alkanes of at least 4 members (excludes halogenated alkanes) is 9. The van der Waals surface area contributed by atoms with Gasteiger partial charge in [-0.05, 0) is 6.42 Å². The number of hydrogen-bond acceptors (Lipinski definition) is 6. The third-order valence-electron chi connectivity index (χ3n) is 4.81. The lowest BCUT2D eigenvalue weighted by Crippen LogP contribution is -2.44. The van der Waals surface area contributed by atoms with Gasteiger partial charge in [0.1, 0.15) is 11.6 Å². The van der Waals surface area contributed by atoms with Crippen LogP contribution in [-0.4, -0.2) is 53.4 Å². The van der Waals surface area contributed by atoms with E-state index in [1.54, 1.807) is 0 Å². The maximum absolute atomic E-state index is 11.1. The summed E-state index contributed by atoms with van der Waals surface area (Å²) >= 11 is 0. The average molecular weight is 362 g/mol. The number of rotatable bonds is 19. The molecule has 0 amide bonds. The number of hydrogen-bond donors (Lipinski definition) is 3. The summed E-state index contributed by atoms with van der Waals surface area (Å²) in [7, 11) is 0. The average Bonchev–Trinajstić information content (AvgIpc) is 2.62. The van der Waals surface area contributed by atoms with Gasteiger partial charge in [-0.25, -0.2) is 0 Å². The zero-order chi connectivity index (χ0) is 18.8. The molecule has 6 heteroatoms. The zero-order valence-electron chi connectivity index (χ0n) is 16.0. The molecular formula is C19H39NO5. The van der Waals surface area contributed by atoms with Crippen LogP contribution in [-0.2, 0) is 4.74 Å². The van der Waals surface area contributed by atoms with E-state index in [0.29, 0.717) is 6.61 Å². The zero-order valence-corrected chi connectivity index (χ0v) is 16.0. The molecule has 0 bridgehead atoms. The van der Waals surface area contributed by atoms with Crippen LogP contribution < -0.4 is 0 Å². The lowest BCUT2D eigenvalue weighted by Gasteiger charge is -2.30. The van der Waals surface area contributed by atoms with E-state index in [1.165, 1.54) is 51.4 Å². The van der Waals surface area contributed by atoms with Gasteiger partial charge in [-0.1, -0.05) is 69.9 Å². The smallest absolute Gasteiger partial charge is 0.135 e. The van der Waals surface area contributed by atoms with E-state index in [0.717, 1.165) is 12.8 Å². The Kier molecular flexibility index (Phi) is 16.5. The summed E-state index contributed by atoms with van der Waals surface area (Å²) in [4.78, 5) is 11.1. The lowest BCUT2D eigenvalue weighted by atomic mass is 9.87. The molecule has 0 aromatic carbocycles. The lowest BCUT2D eigenvalue weighted by molar-refractivity contribution is -0.0213. The fourth-order valence-corrected chi connectivity index (χ4v) is 3.04. The summed E-state index contributed by atoms with van der Waals surface area (Å²) in [5, 5.41) is 31.2. The second-order valence-corrected chi connectivity index (χ2v) is 6.91. The molecule has 6 nitrogen and oxygen atoms in total. The first-order valence-corrected chi connectivity index (χ1v) is 9.99. The predicted molar refractivity (Wildman–Crippen MR) is 101 cm³/mol. The maximum Gasteiger partial charge on any atom is 0.135 e. The van der Waals surface area contributed by atoms with Gasteiger partial charge in [0.05, 0.1) is 6.61 Å². The fourth-order valence-electron chi connectivity index (χ4n) is 3.04. The molecule has 0 radical (unpaired) electrons. The molecule has 1 atom stereocenters. The molecule has 0 aliphatic carbocycles. The van der Waals surface area contributed by atoms with Gasteiger partial charge in [-0.15, -0.1) is 0 Å². The van der Waals surface area contributed by atoms with Crippen molar-refractivity contribution >= 4 is 0 Å². The van der Waals surface area contributed by atoms with Crippen LogP contribution in [0.25, 0.3) is 0 Å². The van der Waals surface area contributed by atoms with Gasteiger partial charge in [0.2, 0.25) is 0 Å². The van der Waals surface area contributed by atoms with Crippen molar-refractivity contribution in [2.24, 2.45) is 5.18 Å². The van der Waals surface area contributed by atoms with E-state index in [2.05, 4.69) is 12.1 Å². The number of aliphatic hydroxyl groups is 3. The minimum atomic E-state index is -1.36. The summed E-state index contributed by atoms with van der Waals surface area (Å²) in [6.45, 7) is 2.25. The molecule has 1 unspecified atom stereocenters. The number of aliphatic hydroxyl groups excluding tert-OH is 3. The van der Waals surface area contributed by atoms with Crippen LogP contribution in [0.1, 0.15) is 84.0 Å². The van der Waals surface area contributed by atoms with Crippen molar-refractivity contribution < 1.29 is 20.1 Å². The Balaban J connectivity index is 3.67. The Bertz CT molecular complexity index is 296. The summed E-state index contributed by atoms with van der Waals surface area (Å²) in [6.07, 6.45) is 11.4. The van der Waals surface area contributed by atoms with Crippen LogP contribution in [0, 0.1) is 4.91 Å². The third-order valence-corrected chi connectivity index (χ3v) is 4.81. The molecule has 0 spiro atoms. The molecule has 0 aromatic heterocycles. The van der Waals surface area contributed by atoms with Gasteiger partial charge in [-0.2, -0.15) is 4.91 Å². The monoisotopic (exact) mass is 361 g/mol. The summed E-state index contributed by atoms with van der Waals surface area (Å²) in [5.41, 5.74) is -1.36. The van der Waals surface area contributed by atoms with E-state index in [-0.39, 0.29) is 32.7 Å². The highest BCUT2D eigenvalue weighted by Crippen LogP contribution is 2.25. The Morgan fingerprint density at radius 3 is 1.80 bits per heavy atom. The van der Waals surface area contributed by atoms with Gasteiger partial charge < -0.3 is 20.1 Å². The highest BCUT2D eigenvalue weighted by Gasteiger charge is 2.39. The molecule has 3 N–H and O–H groups in total. The fraction of sp³-hybridized carbons (Fsp3) is 1.00. The maximum atomic E-state index is 11.1. The minimum absolute atomic E-state index is 0.00314. The summed E-state index contributed by atoms with van der Waals surface area (Å²) in [5.74, 6) is 0. The van der Waals surface area contributed by atoms with Crippen molar-refractivity contribution in [1.82, 2.24) is 0 Å². The minimum Gasteiger partial charge on any atom is -0.396 e. The van der Waals surface area contributed by atoms with E-state index in [4.69, 9.17) is 14.9 Å². The van der Waals surface area contributed by atoms with Crippen LogP contribution in [0.4, 0.5) is 0 Å². The van der Waals surface area contributed by atoms with Gasteiger partial charge in [0.15, 0.2) is 0 Å². The van der Waals surface area contributed by atoms with Crippen LogP contribution in [0.2, 0.25) is 0 Å². The molecule has 0 fully saturated rings. The SMILES string of the molecule is CCCCCCCCCCCCOCC(O)C(CCO)(CCO)N=O. The Morgan fingerprint density at radius 1 is 0.880 bits per heavy atom. The first-order valence-electron chi connectivity index (χ1n) is 9.99. The van der Waals surface area contributed by atoms with E-state index in [1.807, 2.05) is 0 Å². The molecule has 0 saturated carbocycles. The molecule has 0 saturated heterocycles. The van der Waals surface area contributed by atoms with Crippen molar-refractivity contribution in [1.29, 1.82) is 0 Å². The second-order valence-electron chi connectivity index (χ2n) is 6.91. The van der Waals surface area contributed by atoms with Gasteiger partial charge in [-0.3, -0.25) is 0 Å². The quantitative estimate of drug-likeness (QED) is 0.241. The Morgan fingerprint density at radius 2 is 1.36 bits per heavy atom. The first kappa shape index (κ1) is 24.4. The summed E-state index contributed by atoms with van der Waals surface area (Å²) < 4.78 is 5.46. The van der Waals surface area contributed by atoms with Crippen molar-refractivity contribution in [3.63, 3.8) is 0 Å². The largest absolute Gasteiger partial charge is 0.396 e. The van der Waals surface area contributed by atoms with Crippen LogP contribution >= 0.6 is 0 Å². The predicted octanol–water partition coefficient (Wildman–Crippen LogP) is 3.55. The number of nitroso groups, excluding NO2 is 1. The van der Waals surface area contributed by atoms with Gasteiger partial charge >= 0.3 is 0 Å². The van der Waals surface area contributed by atoms with Crippen molar-refractivity contribution in [2.45, 2.75) is 95.6 Å². The molecule has 0 aliphatic rings. The molecule has 0 heterocycles. The van der Waals surface area contributed by atoms with Crippen LogP contribution in [0.15, 0.2) is 5.18 Å². The molecule has 0 aromatic rings. The van der Waals surface area contributed by atoms with E-state index < -0.39 is 11.6 Å². The van der Waals surface area contributed by atoms with Gasteiger partial charge in [0, 0.05) is 32.7 Å². The van der Waals surface area contributed by atoms with Crippen molar-refractivity contribution in [3.05, 3.63) is 4.91 Å². The number of ether oxygens (including phenoxy) is 1. The number of nitrogens with zero attached hydrogens (tertiary/aromatic N) is 1. The normalized spacial score (nSPS) is 13.1. The standard InChI is InChI=1S/C19H39NO5/c1-2-3-4-5-6-7-8-9-10-11-16-25-17-18(23)19(20-24,12-14-21)13-15-22/h18,21-23H,2-17H2,1H3. The highest BCUT2D eigenvalue weighted by molar-refractivity contribution is 4.94. The van der Waals surface area contributed by atoms with Crippen LogP contribution in [0.3, 0.4) is 0 Å². The Labute approximate surface area is 152 Å². The van der Waals surface area contributed by atoms with E-state index in [9.17, 15) is 10.0 Å². The Hall–Kier alpha value is -0.560. The topological polar surface area (TPSA) is 99.3 Å². The van der Waals surface area contributed by atoms with Gasteiger partial charge in [0.25, 0.3) is 0 Å². The molecule has 150 valence electrons. The first-order chi connectivity index (χ1) is 12.2. The van der Waals surface area contributed by atoms with Crippen molar-refractivity contribution in [3.8, 4) is 0 Å².